The van der Waals surface area contributed by atoms with E-state index in [0.29, 0.717) is 35.9 Å². The Balaban J connectivity index is 1.65. The van der Waals surface area contributed by atoms with Crippen molar-refractivity contribution >= 4 is 42.6 Å². The average molecular weight is 614 g/mol. The number of hydrogen-bond donors (Lipinski definition) is 2. The molecule has 4 aromatic rings. The molecule has 3 aromatic carbocycles. The van der Waals surface area contributed by atoms with Crippen molar-refractivity contribution in [3.8, 4) is 11.3 Å². The lowest BCUT2D eigenvalue weighted by Gasteiger charge is -2.33. The number of furan rings is 1. The van der Waals surface area contributed by atoms with E-state index in [9.17, 15) is 26.0 Å². The quantitative estimate of drug-likeness (QED) is 0.280. The van der Waals surface area contributed by atoms with Crippen LogP contribution in [0.25, 0.3) is 22.3 Å². The molecule has 0 aliphatic carbocycles. The van der Waals surface area contributed by atoms with Crippen molar-refractivity contribution in [3.63, 3.8) is 0 Å². The van der Waals surface area contributed by atoms with E-state index in [-0.39, 0.29) is 45.7 Å². The summed E-state index contributed by atoms with van der Waals surface area (Å²) in [5, 5.41) is 3.05. The third kappa shape index (κ3) is 5.79. The Morgan fingerprint density at radius 2 is 1.74 bits per heavy atom. The molecule has 1 aliphatic rings. The number of carbonyl (C=O) groups excluding carboxylic acids is 1. The number of aryl methyl sites for hydroxylation is 1. The third-order valence-corrected chi connectivity index (χ3v) is 10.7. The number of halogens is 1. The summed E-state index contributed by atoms with van der Waals surface area (Å²) in [6.07, 6.45) is 1.16. The molecule has 1 saturated heterocycles. The van der Waals surface area contributed by atoms with Crippen molar-refractivity contribution in [3.05, 3.63) is 83.2 Å². The standard InChI is InChI=1S/C30H32FN3O6S2/c1-4-41(36,37)33-26-17-27-25(28(30(35)32-3)29(40-27)20-9-11-22(31)12-10-20)16-24(26)21-6-5-15-34(18-21)42(38,39)23-13-7-19(2)8-14-23/h7-14,16-17,21,33H,4-6,15,18H2,1-3H3,(H,32,35)/t21-/m1/s1. The molecule has 12 heteroatoms. The lowest BCUT2D eigenvalue weighted by atomic mass is 9.89. The van der Waals surface area contributed by atoms with E-state index in [4.69, 9.17) is 4.42 Å². The van der Waals surface area contributed by atoms with Crippen molar-refractivity contribution in [1.29, 1.82) is 0 Å². The summed E-state index contributed by atoms with van der Waals surface area (Å²) < 4.78 is 76.3. The summed E-state index contributed by atoms with van der Waals surface area (Å²) in [6.45, 7) is 3.85. The van der Waals surface area contributed by atoms with Crippen LogP contribution in [0, 0.1) is 12.7 Å². The van der Waals surface area contributed by atoms with Crippen LogP contribution < -0.4 is 10.0 Å². The second-order valence-corrected chi connectivity index (χ2v) is 14.3. The Labute approximate surface area is 244 Å². The minimum absolute atomic E-state index is 0.126. The van der Waals surface area contributed by atoms with Gasteiger partial charge in [-0.15, -0.1) is 0 Å². The van der Waals surface area contributed by atoms with Crippen LogP contribution in [0.2, 0.25) is 0 Å². The molecule has 1 aliphatic heterocycles. The molecule has 1 fully saturated rings. The molecular weight excluding hydrogens is 581 g/mol. The Kier molecular flexibility index (Phi) is 8.15. The predicted octanol–water partition coefficient (Wildman–Crippen LogP) is 5.24. The normalized spacial score (nSPS) is 16.4. The Morgan fingerprint density at radius 1 is 1.05 bits per heavy atom. The molecule has 2 N–H and O–H groups in total. The molecular formula is C30H32FN3O6S2. The number of fused-ring (bicyclic) bond motifs is 1. The number of anilines is 1. The Bertz CT molecular complexity index is 1850. The SMILES string of the molecule is CCS(=O)(=O)Nc1cc2oc(-c3ccc(F)cc3)c(C(=O)NC)c2cc1[C@@H]1CCCN(S(=O)(=O)c2ccc(C)cc2)C1. The van der Waals surface area contributed by atoms with Gasteiger partial charge in [-0.25, -0.2) is 21.2 Å². The van der Waals surface area contributed by atoms with Gasteiger partial charge < -0.3 is 9.73 Å². The van der Waals surface area contributed by atoms with Gasteiger partial charge in [0.15, 0.2) is 0 Å². The molecule has 1 atom stereocenters. The molecule has 222 valence electrons. The van der Waals surface area contributed by atoms with Crippen molar-refractivity contribution < 1.29 is 30.4 Å². The number of nitrogens with zero attached hydrogens (tertiary/aromatic N) is 1. The van der Waals surface area contributed by atoms with E-state index < -0.39 is 31.8 Å². The first-order valence-corrected chi connectivity index (χ1v) is 16.7. The van der Waals surface area contributed by atoms with E-state index in [1.165, 1.54) is 48.6 Å². The zero-order valence-electron chi connectivity index (χ0n) is 23.5. The summed E-state index contributed by atoms with van der Waals surface area (Å²) >= 11 is 0. The van der Waals surface area contributed by atoms with E-state index in [0.717, 1.165) is 5.56 Å². The first-order chi connectivity index (χ1) is 19.9. The van der Waals surface area contributed by atoms with E-state index >= 15 is 0 Å². The van der Waals surface area contributed by atoms with Gasteiger partial charge in [0.1, 0.15) is 17.2 Å². The summed E-state index contributed by atoms with van der Waals surface area (Å²) in [5.41, 5.74) is 2.69. The molecule has 0 unspecified atom stereocenters. The molecule has 42 heavy (non-hydrogen) atoms. The second kappa shape index (κ2) is 11.5. The molecule has 1 aromatic heterocycles. The van der Waals surface area contributed by atoms with Crippen LogP contribution in [0.4, 0.5) is 10.1 Å². The lowest BCUT2D eigenvalue weighted by molar-refractivity contribution is 0.0964. The monoisotopic (exact) mass is 613 g/mol. The van der Waals surface area contributed by atoms with E-state index in [2.05, 4.69) is 10.0 Å². The topological polar surface area (TPSA) is 126 Å². The maximum absolute atomic E-state index is 13.7. The first-order valence-electron chi connectivity index (χ1n) is 13.6. The number of carbonyl (C=O) groups is 1. The number of amides is 1. The fourth-order valence-electron chi connectivity index (χ4n) is 5.25. The van der Waals surface area contributed by atoms with Crippen molar-refractivity contribution in [2.45, 2.75) is 37.5 Å². The summed E-state index contributed by atoms with van der Waals surface area (Å²) in [5.74, 6) is -1.23. The fraction of sp³-hybridized carbons (Fsp3) is 0.300. The van der Waals surface area contributed by atoms with Crippen LogP contribution in [-0.4, -0.2) is 52.9 Å². The number of piperidine rings is 1. The van der Waals surface area contributed by atoms with Crippen LogP contribution in [0.5, 0.6) is 0 Å². The molecule has 2 heterocycles. The molecule has 1 amide bonds. The summed E-state index contributed by atoms with van der Waals surface area (Å²) in [7, 11) is -6.03. The third-order valence-electron chi connectivity index (χ3n) is 7.55. The molecule has 0 saturated carbocycles. The highest BCUT2D eigenvalue weighted by Gasteiger charge is 2.33. The first kappa shape index (κ1) is 29.7. The van der Waals surface area contributed by atoms with Gasteiger partial charge in [0, 0.05) is 37.2 Å². The smallest absolute Gasteiger partial charge is 0.255 e. The van der Waals surface area contributed by atoms with Crippen LogP contribution >= 0.6 is 0 Å². The van der Waals surface area contributed by atoms with Gasteiger partial charge in [0.05, 0.1) is 21.9 Å². The van der Waals surface area contributed by atoms with Gasteiger partial charge in [-0.3, -0.25) is 9.52 Å². The number of hydrogen-bond acceptors (Lipinski definition) is 6. The minimum atomic E-state index is -3.79. The largest absolute Gasteiger partial charge is 0.455 e. The van der Waals surface area contributed by atoms with Gasteiger partial charge in [-0.05, 0) is 80.6 Å². The maximum Gasteiger partial charge on any atom is 0.255 e. The van der Waals surface area contributed by atoms with Gasteiger partial charge in [-0.1, -0.05) is 17.7 Å². The minimum Gasteiger partial charge on any atom is -0.455 e. The van der Waals surface area contributed by atoms with Crippen molar-refractivity contribution in [1.82, 2.24) is 9.62 Å². The van der Waals surface area contributed by atoms with E-state index in [1.54, 1.807) is 30.3 Å². The molecule has 0 bridgehead atoms. The van der Waals surface area contributed by atoms with Crippen LogP contribution in [0.15, 0.2) is 70.0 Å². The highest BCUT2D eigenvalue weighted by atomic mass is 32.2. The maximum atomic E-state index is 13.7. The van der Waals surface area contributed by atoms with Crippen molar-refractivity contribution in [2.75, 3.05) is 30.6 Å². The molecule has 9 nitrogen and oxygen atoms in total. The number of sulfonamides is 2. The molecule has 0 spiro atoms. The van der Waals surface area contributed by atoms with E-state index in [1.807, 2.05) is 6.92 Å². The predicted molar refractivity (Wildman–Crippen MR) is 160 cm³/mol. The molecule has 5 rings (SSSR count). The van der Waals surface area contributed by atoms with Gasteiger partial charge in [0.2, 0.25) is 20.0 Å². The lowest BCUT2D eigenvalue weighted by Crippen LogP contribution is -2.39. The highest BCUT2D eigenvalue weighted by molar-refractivity contribution is 7.92. The summed E-state index contributed by atoms with van der Waals surface area (Å²) in [6, 6.07) is 15.4. The zero-order chi connectivity index (χ0) is 30.2. The Hall–Kier alpha value is -3.74. The fourth-order valence-corrected chi connectivity index (χ4v) is 7.43. The second-order valence-electron chi connectivity index (χ2n) is 10.3. The summed E-state index contributed by atoms with van der Waals surface area (Å²) in [4.78, 5) is 13.3. The van der Waals surface area contributed by atoms with Gasteiger partial charge in [0.25, 0.3) is 5.91 Å². The molecule has 0 radical (unpaired) electrons. The van der Waals surface area contributed by atoms with Gasteiger partial charge >= 0.3 is 0 Å². The van der Waals surface area contributed by atoms with Crippen LogP contribution in [0.1, 0.15) is 47.2 Å². The van der Waals surface area contributed by atoms with Crippen molar-refractivity contribution in [2.24, 2.45) is 0 Å². The average Bonchev–Trinajstić information content (AvgIpc) is 3.35. The van der Waals surface area contributed by atoms with Crippen LogP contribution in [-0.2, 0) is 20.0 Å². The van der Waals surface area contributed by atoms with Crippen LogP contribution in [0.3, 0.4) is 0 Å². The Morgan fingerprint density at radius 3 is 2.38 bits per heavy atom. The number of rotatable bonds is 8. The van der Waals surface area contributed by atoms with Gasteiger partial charge in [-0.2, -0.15) is 4.31 Å². The number of benzene rings is 3. The number of nitrogens with one attached hydrogen (secondary N) is 2. The highest BCUT2D eigenvalue weighted by Crippen LogP contribution is 2.41. The zero-order valence-corrected chi connectivity index (χ0v) is 25.1.